The number of nitrogens with two attached hydrogens (primary N) is 1. The predicted octanol–water partition coefficient (Wildman–Crippen LogP) is 2.22. The number of hydrogen-bond donors (Lipinski definition) is 1. The van der Waals surface area contributed by atoms with E-state index in [2.05, 4.69) is 26.1 Å². The topological polar surface area (TPSA) is 64.9 Å². The van der Waals surface area contributed by atoms with E-state index in [4.69, 9.17) is 10.2 Å². The Morgan fingerprint density at radius 3 is 2.86 bits per heavy atom. The first-order valence-electron chi connectivity index (χ1n) is 3.69. The summed E-state index contributed by atoms with van der Waals surface area (Å²) in [6.07, 6.45) is 1.16. The van der Waals surface area contributed by atoms with Crippen molar-refractivity contribution in [2.75, 3.05) is 5.73 Å². The van der Waals surface area contributed by atoms with E-state index < -0.39 is 5.82 Å². The zero-order valence-electron chi connectivity index (χ0n) is 6.87. The van der Waals surface area contributed by atoms with Gasteiger partial charge < -0.3 is 10.2 Å². The van der Waals surface area contributed by atoms with E-state index in [0.29, 0.717) is 15.7 Å². The minimum Gasteiger partial charge on any atom is -0.423 e. The molecule has 0 aliphatic carbocycles. The Morgan fingerprint density at radius 2 is 2.21 bits per heavy atom. The standard InChI is InChI=1S/C8H5BrFN3O/c9-5-2-7(11)4(1-6(5)10)8-13-12-3-14-8/h1-3H,11H2. The van der Waals surface area contributed by atoms with Crippen molar-refractivity contribution >= 4 is 21.6 Å². The van der Waals surface area contributed by atoms with Gasteiger partial charge >= 0.3 is 0 Å². The molecule has 2 N–H and O–H groups in total. The Hall–Kier alpha value is -1.43. The first-order chi connectivity index (χ1) is 6.68. The normalized spacial score (nSPS) is 10.4. The minimum absolute atomic E-state index is 0.203. The number of nitrogen functional groups attached to an aromatic ring is 1. The van der Waals surface area contributed by atoms with Gasteiger partial charge in [-0.05, 0) is 28.1 Å². The summed E-state index contributed by atoms with van der Waals surface area (Å²) in [6, 6.07) is 2.70. The molecule has 0 radical (unpaired) electrons. The van der Waals surface area contributed by atoms with Crippen molar-refractivity contribution in [2.45, 2.75) is 0 Å². The van der Waals surface area contributed by atoms with Crippen LogP contribution in [0.15, 0.2) is 27.4 Å². The fourth-order valence-electron chi connectivity index (χ4n) is 1.04. The number of benzene rings is 1. The van der Waals surface area contributed by atoms with E-state index in [0.717, 1.165) is 6.39 Å². The maximum Gasteiger partial charge on any atom is 0.249 e. The van der Waals surface area contributed by atoms with Gasteiger partial charge in [-0.1, -0.05) is 0 Å². The van der Waals surface area contributed by atoms with Gasteiger partial charge in [0, 0.05) is 5.69 Å². The van der Waals surface area contributed by atoms with Crippen LogP contribution in [0, 0.1) is 5.82 Å². The van der Waals surface area contributed by atoms with E-state index in [1.54, 1.807) is 0 Å². The number of hydrogen-bond acceptors (Lipinski definition) is 4. The maximum absolute atomic E-state index is 13.2. The number of rotatable bonds is 1. The quantitative estimate of drug-likeness (QED) is 0.796. The van der Waals surface area contributed by atoms with Gasteiger partial charge in [-0.2, -0.15) is 0 Å². The van der Waals surface area contributed by atoms with Crippen molar-refractivity contribution in [3.8, 4) is 11.5 Å². The van der Waals surface area contributed by atoms with Crippen molar-refractivity contribution in [1.82, 2.24) is 10.2 Å². The van der Waals surface area contributed by atoms with Gasteiger partial charge in [0.15, 0.2) is 0 Å². The Kier molecular flexibility index (Phi) is 2.20. The van der Waals surface area contributed by atoms with Crippen LogP contribution in [0.2, 0.25) is 0 Å². The zero-order chi connectivity index (χ0) is 10.1. The molecule has 1 heterocycles. The molecule has 0 spiro atoms. The summed E-state index contributed by atoms with van der Waals surface area (Å²) < 4.78 is 18.4. The fourth-order valence-corrected chi connectivity index (χ4v) is 1.40. The van der Waals surface area contributed by atoms with E-state index in [-0.39, 0.29) is 5.89 Å². The minimum atomic E-state index is -0.424. The van der Waals surface area contributed by atoms with Crippen molar-refractivity contribution in [3.63, 3.8) is 0 Å². The van der Waals surface area contributed by atoms with Gasteiger partial charge in [0.25, 0.3) is 0 Å². The molecule has 0 unspecified atom stereocenters. The molecule has 6 heteroatoms. The lowest BCUT2D eigenvalue weighted by Gasteiger charge is -2.02. The monoisotopic (exact) mass is 257 g/mol. The third-order valence-corrected chi connectivity index (χ3v) is 2.29. The number of aromatic nitrogens is 2. The zero-order valence-corrected chi connectivity index (χ0v) is 8.45. The molecule has 4 nitrogen and oxygen atoms in total. The summed E-state index contributed by atoms with van der Waals surface area (Å²) >= 11 is 3.02. The Balaban J connectivity index is 2.60. The summed E-state index contributed by atoms with van der Waals surface area (Å²) in [4.78, 5) is 0. The van der Waals surface area contributed by atoms with Gasteiger partial charge in [-0.15, -0.1) is 10.2 Å². The highest BCUT2D eigenvalue weighted by atomic mass is 79.9. The summed E-state index contributed by atoms with van der Waals surface area (Å²) in [5.74, 6) is -0.221. The average molecular weight is 258 g/mol. The molecule has 0 bridgehead atoms. The molecule has 72 valence electrons. The molecule has 0 saturated heterocycles. The number of anilines is 1. The first kappa shape index (κ1) is 9.14. The van der Waals surface area contributed by atoms with Crippen LogP contribution in [0.5, 0.6) is 0 Å². The smallest absolute Gasteiger partial charge is 0.249 e. The molecule has 2 aromatic rings. The number of halogens is 2. The van der Waals surface area contributed by atoms with Crippen LogP contribution in [0.3, 0.4) is 0 Å². The molecule has 1 aromatic heterocycles. The van der Waals surface area contributed by atoms with Crippen molar-refractivity contribution in [1.29, 1.82) is 0 Å². The lowest BCUT2D eigenvalue weighted by Crippen LogP contribution is -1.92. The highest BCUT2D eigenvalue weighted by molar-refractivity contribution is 9.10. The van der Waals surface area contributed by atoms with E-state index in [1.807, 2.05) is 0 Å². The van der Waals surface area contributed by atoms with E-state index in [9.17, 15) is 4.39 Å². The van der Waals surface area contributed by atoms with Crippen LogP contribution in [0.4, 0.5) is 10.1 Å². The Labute approximate surface area is 87.1 Å². The Bertz CT molecular complexity index is 458. The second-order valence-corrected chi connectivity index (χ2v) is 3.45. The summed E-state index contributed by atoms with van der Waals surface area (Å²) in [5.41, 5.74) is 6.43. The third-order valence-electron chi connectivity index (χ3n) is 1.68. The molecule has 0 aliphatic heterocycles. The molecule has 0 atom stereocenters. The van der Waals surface area contributed by atoms with Crippen LogP contribution < -0.4 is 5.73 Å². The molecular weight excluding hydrogens is 253 g/mol. The SMILES string of the molecule is Nc1cc(Br)c(F)cc1-c1nnco1. The summed E-state index contributed by atoms with van der Waals surface area (Å²) in [5, 5.41) is 7.12. The van der Waals surface area contributed by atoms with Gasteiger partial charge in [0.05, 0.1) is 10.0 Å². The maximum atomic E-state index is 13.2. The van der Waals surface area contributed by atoms with Crippen molar-refractivity contribution in [3.05, 3.63) is 28.8 Å². The fraction of sp³-hybridized carbons (Fsp3) is 0. The van der Waals surface area contributed by atoms with Crippen LogP contribution in [0.25, 0.3) is 11.5 Å². The van der Waals surface area contributed by atoms with Crippen molar-refractivity contribution < 1.29 is 8.81 Å². The summed E-state index contributed by atoms with van der Waals surface area (Å²) in [7, 11) is 0. The van der Waals surface area contributed by atoms with Crippen LogP contribution >= 0.6 is 15.9 Å². The van der Waals surface area contributed by atoms with E-state index in [1.165, 1.54) is 12.1 Å². The lowest BCUT2D eigenvalue weighted by molar-refractivity contribution is 0.567. The molecular formula is C8H5BrFN3O. The highest BCUT2D eigenvalue weighted by Crippen LogP contribution is 2.29. The van der Waals surface area contributed by atoms with Crippen LogP contribution in [-0.2, 0) is 0 Å². The highest BCUT2D eigenvalue weighted by Gasteiger charge is 2.11. The second-order valence-electron chi connectivity index (χ2n) is 2.60. The molecule has 0 amide bonds. The molecule has 0 fully saturated rings. The van der Waals surface area contributed by atoms with Crippen LogP contribution in [-0.4, -0.2) is 10.2 Å². The largest absolute Gasteiger partial charge is 0.423 e. The molecule has 1 aromatic carbocycles. The number of nitrogens with zero attached hydrogens (tertiary/aromatic N) is 2. The van der Waals surface area contributed by atoms with Crippen LogP contribution in [0.1, 0.15) is 0 Å². The predicted molar refractivity (Wildman–Crippen MR) is 51.8 cm³/mol. The van der Waals surface area contributed by atoms with E-state index >= 15 is 0 Å². The second kappa shape index (κ2) is 3.38. The summed E-state index contributed by atoms with van der Waals surface area (Å²) in [6.45, 7) is 0. The molecule has 0 saturated carbocycles. The molecule has 14 heavy (non-hydrogen) atoms. The third kappa shape index (κ3) is 1.48. The van der Waals surface area contributed by atoms with Gasteiger partial charge in [-0.3, -0.25) is 0 Å². The van der Waals surface area contributed by atoms with Gasteiger partial charge in [-0.25, -0.2) is 4.39 Å². The Morgan fingerprint density at radius 1 is 1.43 bits per heavy atom. The lowest BCUT2D eigenvalue weighted by atomic mass is 10.2. The van der Waals surface area contributed by atoms with Crippen molar-refractivity contribution in [2.24, 2.45) is 0 Å². The van der Waals surface area contributed by atoms with Gasteiger partial charge in [0.2, 0.25) is 12.3 Å². The van der Waals surface area contributed by atoms with Gasteiger partial charge in [0.1, 0.15) is 5.82 Å². The average Bonchev–Trinajstić information content (AvgIpc) is 2.64. The molecule has 2 rings (SSSR count). The first-order valence-corrected chi connectivity index (χ1v) is 4.49. The molecule has 0 aliphatic rings.